The first-order chi connectivity index (χ1) is 9.21. The van der Waals surface area contributed by atoms with Crippen LogP contribution in [0.2, 0.25) is 5.02 Å². The summed E-state index contributed by atoms with van der Waals surface area (Å²) in [5.74, 6) is -1.21. The molecule has 0 saturated carbocycles. The molecule has 2 rings (SSSR count). The first-order valence-electron chi connectivity index (χ1n) is 5.48. The van der Waals surface area contributed by atoms with Crippen LogP contribution in [0.25, 0.3) is 11.3 Å². The molecule has 0 unspecified atom stereocenters. The van der Waals surface area contributed by atoms with Gasteiger partial charge in [0, 0.05) is 23.3 Å². The topological polar surface area (TPSA) is 42.2 Å². The van der Waals surface area contributed by atoms with Crippen LogP contribution in [0.15, 0.2) is 30.3 Å². The summed E-state index contributed by atoms with van der Waals surface area (Å²) in [6, 6.07) is 5.98. The van der Waals surface area contributed by atoms with Crippen LogP contribution in [0, 0.1) is 0 Å². The van der Waals surface area contributed by atoms with Crippen molar-refractivity contribution in [1.29, 1.82) is 0 Å². The van der Waals surface area contributed by atoms with E-state index in [4.69, 9.17) is 16.7 Å². The van der Waals surface area contributed by atoms with Crippen molar-refractivity contribution in [2.45, 2.75) is 6.18 Å². The predicted octanol–water partition coefficient (Wildman–Crippen LogP) is 4.06. The van der Waals surface area contributed by atoms with E-state index in [0.29, 0.717) is 0 Å². The summed E-state index contributed by atoms with van der Waals surface area (Å²) in [6.07, 6.45) is -4.58. The first-order valence-corrected chi connectivity index (χ1v) is 5.85. The van der Waals surface area contributed by atoms with E-state index >= 15 is 0 Å². The zero-order valence-electron chi connectivity index (χ0n) is 10.2. The third kappa shape index (κ3) is 2.51. The van der Waals surface area contributed by atoms with E-state index < -0.39 is 17.7 Å². The van der Waals surface area contributed by atoms with Crippen LogP contribution >= 0.6 is 11.6 Å². The molecule has 0 amide bonds. The molecule has 1 heterocycles. The number of aromatic nitrogens is 1. The van der Waals surface area contributed by atoms with Crippen LogP contribution < -0.4 is 0 Å². The Morgan fingerprint density at radius 1 is 1.25 bits per heavy atom. The molecule has 0 fully saturated rings. The molecule has 7 heteroatoms. The molecule has 3 nitrogen and oxygen atoms in total. The number of carboxylic acid groups (broad SMARTS) is 1. The van der Waals surface area contributed by atoms with Crippen molar-refractivity contribution in [1.82, 2.24) is 4.57 Å². The third-order valence-corrected chi connectivity index (χ3v) is 3.14. The van der Waals surface area contributed by atoms with E-state index in [-0.39, 0.29) is 22.0 Å². The number of carbonyl (C=O) groups is 1. The highest BCUT2D eigenvalue weighted by Gasteiger charge is 2.34. The van der Waals surface area contributed by atoms with E-state index in [1.807, 2.05) is 0 Å². The number of benzene rings is 1. The molecule has 1 N–H and O–H groups in total. The van der Waals surface area contributed by atoms with Gasteiger partial charge < -0.3 is 9.67 Å². The summed E-state index contributed by atoms with van der Waals surface area (Å²) in [7, 11) is 1.40. The summed E-state index contributed by atoms with van der Waals surface area (Å²) in [4.78, 5) is 10.9. The van der Waals surface area contributed by atoms with Crippen molar-refractivity contribution < 1.29 is 23.1 Å². The van der Waals surface area contributed by atoms with Gasteiger partial charge in [0.1, 0.15) is 5.69 Å². The highest BCUT2D eigenvalue weighted by atomic mass is 35.5. The van der Waals surface area contributed by atoms with Gasteiger partial charge >= 0.3 is 12.1 Å². The average Bonchev–Trinajstić information content (AvgIpc) is 2.70. The number of nitrogens with zero attached hydrogens (tertiary/aromatic N) is 1. The van der Waals surface area contributed by atoms with Crippen LogP contribution in [0.5, 0.6) is 0 Å². The van der Waals surface area contributed by atoms with Crippen molar-refractivity contribution >= 4 is 17.6 Å². The maximum atomic E-state index is 13.0. The fourth-order valence-electron chi connectivity index (χ4n) is 1.97. The molecule has 0 bridgehead atoms. The van der Waals surface area contributed by atoms with Gasteiger partial charge in [0.2, 0.25) is 0 Å². The summed E-state index contributed by atoms with van der Waals surface area (Å²) in [5, 5.41) is 8.90. The van der Waals surface area contributed by atoms with Crippen LogP contribution in [-0.2, 0) is 13.2 Å². The Labute approximate surface area is 117 Å². The predicted molar refractivity (Wildman–Crippen MR) is 67.8 cm³/mol. The van der Waals surface area contributed by atoms with Crippen LogP contribution in [0.1, 0.15) is 16.1 Å². The normalized spacial score (nSPS) is 11.7. The number of carboxylic acids is 1. The standard InChI is InChI=1S/C13H9ClF3NO2/c1-18-10(4-5-11(18)12(19)20)8-3-2-7(14)6-9(8)13(15,16)17/h2-6H,1H3,(H,19,20). The van der Waals surface area contributed by atoms with Gasteiger partial charge in [-0.15, -0.1) is 0 Å². The number of aromatic carboxylic acids is 1. The SMILES string of the molecule is Cn1c(C(=O)O)ccc1-c1ccc(Cl)cc1C(F)(F)F. The molecule has 106 valence electrons. The lowest BCUT2D eigenvalue weighted by atomic mass is 10.0. The maximum Gasteiger partial charge on any atom is 0.417 e. The fraction of sp³-hybridized carbons (Fsp3) is 0.154. The van der Waals surface area contributed by atoms with Gasteiger partial charge in [-0.2, -0.15) is 13.2 Å². The van der Waals surface area contributed by atoms with Crippen LogP contribution in [0.4, 0.5) is 13.2 Å². The smallest absolute Gasteiger partial charge is 0.417 e. The Hall–Kier alpha value is -1.95. The molecule has 1 aromatic carbocycles. The minimum Gasteiger partial charge on any atom is -0.477 e. The van der Waals surface area contributed by atoms with Gasteiger partial charge in [0.15, 0.2) is 0 Å². The number of rotatable bonds is 2. The lowest BCUT2D eigenvalue weighted by Crippen LogP contribution is -2.10. The molecule has 0 saturated heterocycles. The van der Waals surface area contributed by atoms with Crippen molar-refractivity contribution in [2.75, 3.05) is 0 Å². The molecular formula is C13H9ClF3NO2. The van der Waals surface area contributed by atoms with Crippen LogP contribution in [0.3, 0.4) is 0 Å². The zero-order valence-corrected chi connectivity index (χ0v) is 11.0. The quantitative estimate of drug-likeness (QED) is 0.909. The van der Waals surface area contributed by atoms with Crippen LogP contribution in [-0.4, -0.2) is 15.6 Å². The van der Waals surface area contributed by atoms with E-state index in [1.54, 1.807) is 0 Å². The minimum atomic E-state index is -4.58. The monoisotopic (exact) mass is 303 g/mol. The Morgan fingerprint density at radius 3 is 2.40 bits per heavy atom. The van der Waals surface area contributed by atoms with Gasteiger partial charge in [-0.05, 0) is 24.3 Å². The second kappa shape index (κ2) is 4.86. The Bertz CT molecular complexity index is 677. The summed E-state index contributed by atoms with van der Waals surface area (Å²) >= 11 is 5.60. The molecule has 0 aliphatic rings. The van der Waals surface area contributed by atoms with Gasteiger partial charge in [-0.3, -0.25) is 0 Å². The lowest BCUT2D eigenvalue weighted by molar-refractivity contribution is -0.137. The molecule has 0 radical (unpaired) electrons. The van der Waals surface area contributed by atoms with Gasteiger partial charge in [-0.1, -0.05) is 17.7 Å². The molecule has 1 aromatic heterocycles. The van der Waals surface area contributed by atoms with E-state index in [1.165, 1.54) is 35.9 Å². The van der Waals surface area contributed by atoms with Crippen molar-refractivity contribution in [3.63, 3.8) is 0 Å². The first kappa shape index (κ1) is 14.5. The van der Waals surface area contributed by atoms with Crippen molar-refractivity contribution in [2.24, 2.45) is 7.05 Å². The van der Waals surface area contributed by atoms with E-state index in [2.05, 4.69) is 0 Å². The van der Waals surface area contributed by atoms with Gasteiger partial charge in [0.05, 0.1) is 5.56 Å². The Balaban J connectivity index is 2.68. The molecule has 20 heavy (non-hydrogen) atoms. The number of halogens is 4. The second-order valence-corrected chi connectivity index (χ2v) is 4.59. The number of hydrogen-bond donors (Lipinski definition) is 1. The summed E-state index contributed by atoms with van der Waals surface area (Å²) in [5.41, 5.74) is -0.950. The molecule has 0 atom stereocenters. The van der Waals surface area contributed by atoms with Crippen molar-refractivity contribution in [3.8, 4) is 11.3 Å². The molecular weight excluding hydrogens is 295 g/mol. The molecule has 0 spiro atoms. The largest absolute Gasteiger partial charge is 0.477 e. The van der Waals surface area contributed by atoms with Crippen molar-refractivity contribution in [3.05, 3.63) is 46.6 Å². The van der Waals surface area contributed by atoms with Gasteiger partial charge in [0.25, 0.3) is 0 Å². The summed E-state index contributed by atoms with van der Waals surface area (Å²) in [6.45, 7) is 0. The number of hydrogen-bond acceptors (Lipinski definition) is 1. The molecule has 0 aliphatic carbocycles. The zero-order chi connectivity index (χ0) is 15.1. The maximum absolute atomic E-state index is 13.0. The Morgan fingerprint density at radius 2 is 1.90 bits per heavy atom. The van der Waals surface area contributed by atoms with E-state index in [0.717, 1.165) is 6.07 Å². The third-order valence-electron chi connectivity index (χ3n) is 2.90. The summed E-state index contributed by atoms with van der Waals surface area (Å²) < 4.78 is 40.3. The second-order valence-electron chi connectivity index (χ2n) is 4.16. The Kier molecular flexibility index (Phi) is 3.52. The average molecular weight is 304 g/mol. The van der Waals surface area contributed by atoms with Gasteiger partial charge in [-0.25, -0.2) is 4.79 Å². The highest BCUT2D eigenvalue weighted by Crippen LogP contribution is 2.38. The minimum absolute atomic E-state index is 0.0336. The fourth-order valence-corrected chi connectivity index (χ4v) is 2.14. The molecule has 2 aromatic rings. The lowest BCUT2D eigenvalue weighted by Gasteiger charge is -2.14. The van der Waals surface area contributed by atoms with E-state index in [9.17, 15) is 18.0 Å². The number of alkyl halides is 3. The molecule has 0 aliphatic heterocycles. The highest BCUT2D eigenvalue weighted by molar-refractivity contribution is 6.30.